The number of rotatable bonds is 3. The molecule has 0 saturated heterocycles. The standard InChI is InChI=1S/C15H13F2N3S/c16-12-4-1-5-13(17)14(12)20(15-19-7-8-21-15)10-11-3-2-6-18-9-11/h1-6,9H,7-8,10H2. The van der Waals surface area contributed by atoms with Gasteiger partial charge in [0.2, 0.25) is 0 Å². The minimum Gasteiger partial charge on any atom is -0.312 e. The first-order valence-electron chi connectivity index (χ1n) is 6.53. The number of benzene rings is 1. The van der Waals surface area contributed by atoms with Gasteiger partial charge >= 0.3 is 0 Å². The van der Waals surface area contributed by atoms with Gasteiger partial charge in [0.25, 0.3) is 0 Å². The zero-order valence-electron chi connectivity index (χ0n) is 11.2. The molecule has 0 bridgehead atoms. The fraction of sp³-hybridized carbons (Fsp3) is 0.200. The molecule has 0 saturated carbocycles. The highest BCUT2D eigenvalue weighted by atomic mass is 32.2. The highest BCUT2D eigenvalue weighted by Gasteiger charge is 2.23. The van der Waals surface area contributed by atoms with Crippen molar-refractivity contribution >= 4 is 22.6 Å². The number of hydrogen-bond acceptors (Lipinski definition) is 4. The van der Waals surface area contributed by atoms with Gasteiger partial charge in [-0.25, -0.2) is 8.78 Å². The van der Waals surface area contributed by atoms with Crippen LogP contribution in [0.4, 0.5) is 14.5 Å². The molecule has 3 rings (SSSR count). The van der Waals surface area contributed by atoms with Crippen LogP contribution in [0.5, 0.6) is 0 Å². The summed E-state index contributed by atoms with van der Waals surface area (Å²) in [5.74, 6) is -0.349. The second kappa shape index (κ2) is 6.22. The van der Waals surface area contributed by atoms with Crippen LogP contribution in [0.3, 0.4) is 0 Å². The van der Waals surface area contributed by atoms with E-state index in [-0.39, 0.29) is 5.69 Å². The van der Waals surface area contributed by atoms with Crippen molar-refractivity contribution < 1.29 is 8.78 Å². The number of anilines is 1. The van der Waals surface area contributed by atoms with E-state index in [1.807, 2.05) is 6.07 Å². The van der Waals surface area contributed by atoms with Gasteiger partial charge in [-0.2, -0.15) is 0 Å². The van der Waals surface area contributed by atoms with Crippen LogP contribution in [-0.2, 0) is 6.54 Å². The molecule has 2 aromatic rings. The molecule has 3 nitrogen and oxygen atoms in total. The summed E-state index contributed by atoms with van der Waals surface area (Å²) < 4.78 is 28.2. The molecule has 1 aromatic heterocycles. The average Bonchev–Trinajstić information content (AvgIpc) is 3.01. The monoisotopic (exact) mass is 305 g/mol. The van der Waals surface area contributed by atoms with Crippen LogP contribution in [0.15, 0.2) is 47.7 Å². The molecule has 2 heterocycles. The van der Waals surface area contributed by atoms with E-state index in [4.69, 9.17) is 0 Å². The van der Waals surface area contributed by atoms with Gasteiger partial charge in [-0.05, 0) is 23.8 Å². The molecule has 21 heavy (non-hydrogen) atoms. The summed E-state index contributed by atoms with van der Waals surface area (Å²) in [6.07, 6.45) is 3.35. The lowest BCUT2D eigenvalue weighted by Crippen LogP contribution is -2.29. The summed E-state index contributed by atoms with van der Waals surface area (Å²) in [4.78, 5) is 9.97. The molecule has 0 unspecified atom stereocenters. The smallest absolute Gasteiger partial charge is 0.164 e. The zero-order chi connectivity index (χ0) is 14.7. The highest BCUT2D eigenvalue weighted by molar-refractivity contribution is 8.14. The first kappa shape index (κ1) is 14.0. The Bertz CT molecular complexity index is 641. The number of nitrogens with zero attached hydrogens (tertiary/aromatic N) is 3. The summed E-state index contributed by atoms with van der Waals surface area (Å²) in [5, 5.41) is 0.642. The lowest BCUT2D eigenvalue weighted by Gasteiger charge is -2.24. The second-order valence-corrected chi connectivity index (χ2v) is 5.59. The van der Waals surface area contributed by atoms with E-state index < -0.39 is 11.6 Å². The van der Waals surface area contributed by atoms with Crippen LogP contribution in [0.1, 0.15) is 5.56 Å². The Balaban J connectivity index is 2.00. The fourth-order valence-electron chi connectivity index (χ4n) is 2.15. The predicted octanol–water partition coefficient (Wildman–Crippen LogP) is 3.47. The van der Waals surface area contributed by atoms with E-state index in [1.54, 1.807) is 23.4 Å². The molecule has 0 aliphatic carbocycles. The van der Waals surface area contributed by atoms with Crippen LogP contribution < -0.4 is 4.90 Å². The van der Waals surface area contributed by atoms with Crippen LogP contribution in [0.25, 0.3) is 0 Å². The summed E-state index contributed by atoms with van der Waals surface area (Å²) in [6, 6.07) is 7.55. The quantitative estimate of drug-likeness (QED) is 0.869. The SMILES string of the molecule is Fc1cccc(F)c1N(Cc1cccnc1)C1=NCCS1. The Kier molecular flexibility index (Phi) is 4.15. The van der Waals surface area contributed by atoms with Crippen LogP contribution in [0, 0.1) is 11.6 Å². The maximum Gasteiger partial charge on any atom is 0.164 e. The van der Waals surface area contributed by atoms with Crippen molar-refractivity contribution in [2.45, 2.75) is 6.54 Å². The Morgan fingerprint density at radius 2 is 1.95 bits per heavy atom. The van der Waals surface area contributed by atoms with E-state index in [9.17, 15) is 8.78 Å². The molecule has 6 heteroatoms. The average molecular weight is 305 g/mol. The van der Waals surface area contributed by atoms with Gasteiger partial charge in [0, 0.05) is 18.1 Å². The van der Waals surface area contributed by atoms with E-state index in [0.717, 1.165) is 11.3 Å². The number of hydrogen-bond donors (Lipinski definition) is 0. The Morgan fingerprint density at radius 1 is 1.14 bits per heavy atom. The van der Waals surface area contributed by atoms with Crippen LogP contribution >= 0.6 is 11.8 Å². The van der Waals surface area contributed by atoms with Gasteiger partial charge in [-0.3, -0.25) is 9.98 Å². The minimum atomic E-state index is -0.589. The van der Waals surface area contributed by atoms with Gasteiger partial charge in [0.1, 0.15) is 17.3 Å². The van der Waals surface area contributed by atoms with Crippen molar-refractivity contribution in [1.82, 2.24) is 4.98 Å². The summed E-state index contributed by atoms with van der Waals surface area (Å²) in [7, 11) is 0. The van der Waals surface area contributed by atoms with Gasteiger partial charge in [0.05, 0.1) is 13.1 Å². The molecule has 0 spiro atoms. The van der Waals surface area contributed by atoms with Crippen molar-refractivity contribution in [3.05, 3.63) is 59.9 Å². The number of thioether (sulfide) groups is 1. The normalized spacial score (nSPS) is 14.1. The fourth-order valence-corrected chi connectivity index (χ4v) is 3.01. The molecule has 1 aliphatic rings. The topological polar surface area (TPSA) is 28.5 Å². The second-order valence-electron chi connectivity index (χ2n) is 4.53. The lowest BCUT2D eigenvalue weighted by molar-refractivity contribution is 0.581. The van der Waals surface area contributed by atoms with Gasteiger partial charge < -0.3 is 4.90 Å². The van der Waals surface area contributed by atoms with Gasteiger partial charge in [-0.15, -0.1) is 0 Å². The maximum absolute atomic E-state index is 14.1. The first-order valence-corrected chi connectivity index (χ1v) is 7.52. The molecule has 0 amide bonds. The zero-order valence-corrected chi connectivity index (χ0v) is 12.0. The maximum atomic E-state index is 14.1. The number of aromatic nitrogens is 1. The molecule has 1 aliphatic heterocycles. The molecule has 0 atom stereocenters. The van der Waals surface area contributed by atoms with Crippen molar-refractivity contribution in [2.24, 2.45) is 4.99 Å². The number of halogens is 2. The molecule has 0 radical (unpaired) electrons. The van der Waals surface area contributed by atoms with Crippen molar-refractivity contribution in [2.75, 3.05) is 17.2 Å². The highest BCUT2D eigenvalue weighted by Crippen LogP contribution is 2.29. The number of amidine groups is 1. The van der Waals surface area contributed by atoms with E-state index in [2.05, 4.69) is 9.98 Å². The Labute approximate surface area is 125 Å². The van der Waals surface area contributed by atoms with Crippen molar-refractivity contribution in [3.8, 4) is 0 Å². The summed E-state index contributed by atoms with van der Waals surface area (Å²) >= 11 is 1.50. The third kappa shape index (κ3) is 3.05. The third-order valence-electron chi connectivity index (χ3n) is 3.07. The lowest BCUT2D eigenvalue weighted by atomic mass is 10.2. The van der Waals surface area contributed by atoms with Gasteiger partial charge in [0.15, 0.2) is 5.17 Å². The van der Waals surface area contributed by atoms with Gasteiger partial charge in [-0.1, -0.05) is 23.9 Å². The third-order valence-corrected chi connectivity index (χ3v) is 4.07. The first-order chi connectivity index (χ1) is 10.3. The Hall–Kier alpha value is -1.95. The van der Waals surface area contributed by atoms with Crippen molar-refractivity contribution in [3.63, 3.8) is 0 Å². The molecule has 108 valence electrons. The van der Waals surface area contributed by atoms with E-state index in [0.29, 0.717) is 18.3 Å². The summed E-state index contributed by atoms with van der Waals surface area (Å²) in [5.41, 5.74) is 0.810. The largest absolute Gasteiger partial charge is 0.312 e. The molecule has 1 aromatic carbocycles. The molecular weight excluding hydrogens is 292 g/mol. The molecular formula is C15H13F2N3S. The number of pyridine rings is 1. The Morgan fingerprint density at radius 3 is 2.57 bits per heavy atom. The van der Waals surface area contributed by atoms with Crippen LogP contribution in [-0.4, -0.2) is 22.4 Å². The molecule has 0 fully saturated rings. The van der Waals surface area contributed by atoms with Crippen molar-refractivity contribution in [1.29, 1.82) is 0 Å². The minimum absolute atomic E-state index is 0.0606. The van der Waals surface area contributed by atoms with E-state index in [1.165, 1.54) is 30.0 Å². The molecule has 0 N–H and O–H groups in total. The number of aliphatic imine (C=N–C) groups is 1. The summed E-state index contributed by atoms with van der Waals surface area (Å²) in [6.45, 7) is 0.997. The predicted molar refractivity (Wildman–Crippen MR) is 81.5 cm³/mol. The van der Waals surface area contributed by atoms with E-state index >= 15 is 0 Å². The number of para-hydroxylation sites is 1. The van der Waals surface area contributed by atoms with Crippen LogP contribution in [0.2, 0.25) is 0 Å².